The number of halogens is 1. The molecule has 0 radical (unpaired) electrons. The molecule has 0 aliphatic heterocycles. The number of carboxylic acids is 1. The molecular weight excluding hydrogens is 190 g/mol. The molecule has 70 valence electrons. The summed E-state index contributed by atoms with van der Waals surface area (Å²) in [6.07, 6.45) is 0. The Morgan fingerprint density at radius 2 is 2.15 bits per heavy atom. The normalized spacial score (nSPS) is 12.5. The Hall–Kier alpha value is -1.06. The van der Waals surface area contributed by atoms with Crippen molar-refractivity contribution in [2.75, 3.05) is 0 Å². The topological polar surface area (TPSA) is 63.3 Å². The van der Waals surface area contributed by atoms with Gasteiger partial charge < -0.3 is 10.8 Å². The van der Waals surface area contributed by atoms with Gasteiger partial charge in [-0.3, -0.25) is 4.79 Å². The van der Waals surface area contributed by atoms with Gasteiger partial charge in [-0.1, -0.05) is 17.7 Å². The first-order chi connectivity index (χ1) is 6.00. The smallest absolute Gasteiger partial charge is 0.325 e. The molecule has 0 aliphatic carbocycles. The van der Waals surface area contributed by atoms with Crippen LogP contribution in [0, 0.1) is 6.92 Å². The van der Waals surface area contributed by atoms with Gasteiger partial charge in [0.2, 0.25) is 0 Å². The summed E-state index contributed by atoms with van der Waals surface area (Å²) in [6, 6.07) is 4.02. The third-order valence-corrected chi connectivity index (χ3v) is 1.91. The molecule has 0 fully saturated rings. The Bertz CT molecular complexity index is 318. The van der Waals surface area contributed by atoms with Crippen molar-refractivity contribution < 1.29 is 9.90 Å². The molecule has 1 aromatic carbocycles. The van der Waals surface area contributed by atoms with E-state index < -0.39 is 12.0 Å². The predicted octanol–water partition coefficient (Wildman–Crippen LogP) is 1.73. The van der Waals surface area contributed by atoms with Crippen LogP contribution in [0.4, 0.5) is 0 Å². The summed E-state index contributed by atoms with van der Waals surface area (Å²) in [6.45, 7) is 1.84. The lowest BCUT2D eigenvalue weighted by Crippen LogP contribution is -2.20. The van der Waals surface area contributed by atoms with Gasteiger partial charge in [-0.05, 0) is 30.2 Å². The lowest BCUT2D eigenvalue weighted by atomic mass is 10.1. The first-order valence-electron chi connectivity index (χ1n) is 3.76. The van der Waals surface area contributed by atoms with E-state index >= 15 is 0 Å². The molecule has 0 saturated heterocycles. The average molecular weight is 200 g/mol. The summed E-state index contributed by atoms with van der Waals surface area (Å²) in [5, 5.41) is 9.16. The first kappa shape index (κ1) is 10.0. The molecule has 0 aromatic heterocycles. The van der Waals surface area contributed by atoms with Crippen LogP contribution in [-0.2, 0) is 4.79 Å². The first-order valence-corrected chi connectivity index (χ1v) is 4.14. The molecule has 0 amide bonds. The molecule has 0 heterocycles. The summed E-state index contributed by atoms with van der Waals surface area (Å²) < 4.78 is 0. The molecule has 0 saturated carbocycles. The monoisotopic (exact) mass is 199 g/mol. The van der Waals surface area contributed by atoms with Gasteiger partial charge in [0, 0.05) is 5.02 Å². The number of hydrogen-bond donors (Lipinski definition) is 2. The number of benzene rings is 1. The Labute approximate surface area is 81.1 Å². The highest BCUT2D eigenvalue weighted by atomic mass is 35.5. The maximum atomic E-state index is 10.6. The fourth-order valence-corrected chi connectivity index (χ4v) is 1.38. The summed E-state index contributed by atoms with van der Waals surface area (Å²) in [5.41, 5.74) is 6.84. The third kappa shape index (κ3) is 2.44. The Kier molecular flexibility index (Phi) is 2.90. The van der Waals surface area contributed by atoms with Crippen LogP contribution in [0.25, 0.3) is 0 Å². The molecule has 13 heavy (non-hydrogen) atoms. The van der Waals surface area contributed by atoms with Gasteiger partial charge in [0.25, 0.3) is 0 Å². The van der Waals surface area contributed by atoms with Crippen molar-refractivity contribution in [2.24, 2.45) is 5.73 Å². The summed E-state index contributed by atoms with van der Waals surface area (Å²) in [7, 11) is 0. The molecule has 0 bridgehead atoms. The number of carbonyl (C=O) groups is 1. The van der Waals surface area contributed by atoms with Crippen LogP contribution in [-0.4, -0.2) is 11.1 Å². The van der Waals surface area contributed by atoms with E-state index in [4.69, 9.17) is 22.4 Å². The van der Waals surface area contributed by atoms with E-state index in [-0.39, 0.29) is 0 Å². The van der Waals surface area contributed by atoms with Crippen LogP contribution in [0.1, 0.15) is 17.2 Å². The number of aryl methyl sites for hydroxylation is 1. The molecule has 1 rings (SSSR count). The minimum atomic E-state index is -1.05. The molecule has 1 aromatic rings. The zero-order valence-corrected chi connectivity index (χ0v) is 7.88. The summed E-state index contributed by atoms with van der Waals surface area (Å²) in [5.74, 6) is -1.05. The van der Waals surface area contributed by atoms with Crippen LogP contribution in [0.3, 0.4) is 0 Å². The summed E-state index contributed by atoms with van der Waals surface area (Å²) >= 11 is 5.75. The molecule has 0 spiro atoms. The van der Waals surface area contributed by atoms with Gasteiger partial charge >= 0.3 is 5.97 Å². The lowest BCUT2D eigenvalue weighted by Gasteiger charge is -2.07. The zero-order valence-electron chi connectivity index (χ0n) is 7.12. The van der Waals surface area contributed by atoms with Gasteiger partial charge in [0.05, 0.1) is 0 Å². The van der Waals surface area contributed by atoms with Crippen molar-refractivity contribution in [3.63, 3.8) is 0 Å². The van der Waals surface area contributed by atoms with Crippen molar-refractivity contribution in [1.82, 2.24) is 0 Å². The van der Waals surface area contributed by atoms with E-state index in [1.807, 2.05) is 6.92 Å². The average Bonchev–Trinajstić information content (AvgIpc) is 2.01. The van der Waals surface area contributed by atoms with E-state index in [1.54, 1.807) is 18.2 Å². The van der Waals surface area contributed by atoms with Gasteiger partial charge in [0.15, 0.2) is 0 Å². The van der Waals surface area contributed by atoms with Crippen molar-refractivity contribution >= 4 is 17.6 Å². The van der Waals surface area contributed by atoms with E-state index in [9.17, 15) is 4.79 Å². The van der Waals surface area contributed by atoms with Crippen LogP contribution in [0.2, 0.25) is 5.02 Å². The molecule has 4 heteroatoms. The fraction of sp³-hybridized carbons (Fsp3) is 0.222. The largest absolute Gasteiger partial charge is 0.480 e. The van der Waals surface area contributed by atoms with E-state index in [1.165, 1.54) is 0 Å². The number of aliphatic carboxylic acids is 1. The molecular formula is C9H10ClNO2. The summed E-state index contributed by atoms with van der Waals surface area (Å²) in [4.78, 5) is 10.6. The van der Waals surface area contributed by atoms with Gasteiger partial charge in [0.1, 0.15) is 6.04 Å². The van der Waals surface area contributed by atoms with Crippen molar-refractivity contribution in [3.05, 3.63) is 34.3 Å². The van der Waals surface area contributed by atoms with Crippen LogP contribution in [0.5, 0.6) is 0 Å². The Balaban J connectivity index is 3.07. The minimum Gasteiger partial charge on any atom is -0.480 e. The van der Waals surface area contributed by atoms with Crippen molar-refractivity contribution in [1.29, 1.82) is 0 Å². The van der Waals surface area contributed by atoms with Gasteiger partial charge in [-0.15, -0.1) is 0 Å². The lowest BCUT2D eigenvalue weighted by molar-refractivity contribution is -0.138. The third-order valence-electron chi connectivity index (χ3n) is 1.69. The van der Waals surface area contributed by atoms with Gasteiger partial charge in [-0.25, -0.2) is 0 Å². The molecule has 3 nitrogen and oxygen atoms in total. The Morgan fingerprint density at radius 1 is 1.54 bits per heavy atom. The SMILES string of the molecule is Cc1cc(Cl)cc([C@@H](N)C(=O)O)c1. The highest BCUT2D eigenvalue weighted by Gasteiger charge is 2.14. The maximum Gasteiger partial charge on any atom is 0.325 e. The second kappa shape index (κ2) is 3.77. The quantitative estimate of drug-likeness (QED) is 0.763. The zero-order chi connectivity index (χ0) is 10.0. The number of nitrogens with two attached hydrogens (primary N) is 1. The molecule has 3 N–H and O–H groups in total. The number of carboxylic acid groups (broad SMARTS) is 1. The van der Waals surface area contributed by atoms with E-state index in [0.717, 1.165) is 5.56 Å². The van der Waals surface area contributed by atoms with Crippen molar-refractivity contribution in [3.8, 4) is 0 Å². The van der Waals surface area contributed by atoms with Gasteiger partial charge in [-0.2, -0.15) is 0 Å². The molecule has 1 atom stereocenters. The van der Waals surface area contributed by atoms with Crippen molar-refractivity contribution in [2.45, 2.75) is 13.0 Å². The fourth-order valence-electron chi connectivity index (χ4n) is 1.09. The van der Waals surface area contributed by atoms with Crippen LogP contribution in [0.15, 0.2) is 18.2 Å². The predicted molar refractivity (Wildman–Crippen MR) is 50.8 cm³/mol. The van der Waals surface area contributed by atoms with E-state index in [2.05, 4.69) is 0 Å². The van der Waals surface area contributed by atoms with Crippen LogP contribution < -0.4 is 5.73 Å². The highest BCUT2D eigenvalue weighted by molar-refractivity contribution is 6.30. The molecule has 0 unspecified atom stereocenters. The highest BCUT2D eigenvalue weighted by Crippen LogP contribution is 2.18. The standard InChI is InChI=1S/C9H10ClNO2/c1-5-2-6(4-7(10)3-5)8(11)9(12)13/h2-4,8H,11H2,1H3,(H,12,13)/t8-/m1/s1. The minimum absolute atomic E-state index is 0.506. The van der Waals surface area contributed by atoms with Crippen LogP contribution >= 0.6 is 11.6 Å². The number of hydrogen-bond acceptors (Lipinski definition) is 2. The van der Waals surface area contributed by atoms with E-state index in [0.29, 0.717) is 10.6 Å². The number of rotatable bonds is 2. The molecule has 0 aliphatic rings. The second-order valence-electron chi connectivity index (χ2n) is 2.88. The second-order valence-corrected chi connectivity index (χ2v) is 3.31. The maximum absolute atomic E-state index is 10.6. The Morgan fingerprint density at radius 3 is 2.62 bits per heavy atom.